The third-order valence-corrected chi connectivity index (χ3v) is 5.10. The van der Waals surface area contributed by atoms with Crippen LogP contribution in [0.15, 0.2) is 53.3 Å². The molecule has 0 unspecified atom stereocenters. The summed E-state index contributed by atoms with van der Waals surface area (Å²) in [7, 11) is 0. The summed E-state index contributed by atoms with van der Waals surface area (Å²) in [6.45, 7) is 9.65. The molecule has 1 aromatic heterocycles. The Labute approximate surface area is 165 Å². The molecule has 5 heteroatoms. The Bertz CT molecular complexity index is 1080. The summed E-state index contributed by atoms with van der Waals surface area (Å²) in [5.74, 6) is -0.274. The second-order valence-corrected chi connectivity index (χ2v) is 7.23. The SMILES string of the molecule is Cc1ccc(-c2ccc(=O)n([C@H](C)C(=O)Nc3c(C)cccc3C)n2)cc1C. The van der Waals surface area contributed by atoms with Crippen molar-refractivity contribution in [3.05, 3.63) is 81.1 Å². The number of aryl methyl sites for hydroxylation is 4. The molecule has 3 aromatic rings. The number of benzene rings is 2. The van der Waals surface area contributed by atoms with Crippen molar-refractivity contribution >= 4 is 11.6 Å². The standard InChI is InChI=1S/C23H25N3O2/c1-14-9-10-19(13-17(14)4)20-11-12-21(27)26(25-20)18(5)23(28)24-22-15(2)7-6-8-16(22)3/h6-13,18H,1-5H3,(H,24,28)/t18-/m1/s1. The van der Waals surface area contributed by atoms with E-state index in [-0.39, 0.29) is 11.5 Å². The van der Waals surface area contributed by atoms with Gasteiger partial charge in [0, 0.05) is 17.3 Å². The molecule has 144 valence electrons. The van der Waals surface area contributed by atoms with Crippen LogP contribution < -0.4 is 10.9 Å². The summed E-state index contributed by atoms with van der Waals surface area (Å²) < 4.78 is 1.24. The van der Waals surface area contributed by atoms with Crippen LogP contribution in [0.2, 0.25) is 0 Å². The van der Waals surface area contributed by atoms with Crippen LogP contribution in [-0.4, -0.2) is 15.7 Å². The topological polar surface area (TPSA) is 64.0 Å². The first kappa shape index (κ1) is 19.5. The van der Waals surface area contributed by atoms with Crippen LogP contribution in [0.1, 0.15) is 35.2 Å². The summed E-state index contributed by atoms with van der Waals surface area (Å²) in [5.41, 5.74) is 6.34. The zero-order chi connectivity index (χ0) is 20.4. The molecule has 0 saturated heterocycles. The number of para-hydroxylation sites is 1. The van der Waals surface area contributed by atoms with Gasteiger partial charge in [0.25, 0.3) is 5.56 Å². The first-order chi connectivity index (χ1) is 13.3. The minimum Gasteiger partial charge on any atom is -0.324 e. The minimum absolute atomic E-state index is 0.274. The van der Waals surface area contributed by atoms with E-state index in [9.17, 15) is 9.59 Å². The van der Waals surface area contributed by atoms with Gasteiger partial charge in [0.15, 0.2) is 0 Å². The molecule has 28 heavy (non-hydrogen) atoms. The maximum absolute atomic E-state index is 12.8. The predicted molar refractivity (Wildman–Crippen MR) is 113 cm³/mol. The van der Waals surface area contributed by atoms with E-state index in [0.29, 0.717) is 5.69 Å². The number of hydrogen-bond donors (Lipinski definition) is 1. The van der Waals surface area contributed by atoms with Gasteiger partial charge in [0.05, 0.1) is 5.69 Å². The molecule has 0 aliphatic carbocycles. The molecule has 1 heterocycles. The number of rotatable bonds is 4. The highest BCUT2D eigenvalue weighted by Crippen LogP contribution is 2.22. The van der Waals surface area contributed by atoms with E-state index in [1.54, 1.807) is 13.0 Å². The number of nitrogens with zero attached hydrogens (tertiary/aromatic N) is 2. The molecule has 0 saturated carbocycles. The quantitative estimate of drug-likeness (QED) is 0.738. The van der Waals surface area contributed by atoms with Gasteiger partial charge >= 0.3 is 0 Å². The second-order valence-electron chi connectivity index (χ2n) is 7.23. The summed E-state index contributed by atoms with van der Waals surface area (Å²) in [5, 5.41) is 7.41. The lowest BCUT2D eigenvalue weighted by Crippen LogP contribution is -2.33. The summed E-state index contributed by atoms with van der Waals surface area (Å²) in [6.07, 6.45) is 0. The molecule has 0 fully saturated rings. The molecule has 0 spiro atoms. The van der Waals surface area contributed by atoms with Crippen LogP contribution >= 0.6 is 0 Å². The lowest BCUT2D eigenvalue weighted by Gasteiger charge is -2.17. The highest BCUT2D eigenvalue weighted by Gasteiger charge is 2.19. The molecule has 1 amide bonds. The summed E-state index contributed by atoms with van der Waals surface area (Å²) in [4.78, 5) is 25.2. The Kier molecular flexibility index (Phi) is 5.45. The van der Waals surface area contributed by atoms with E-state index in [0.717, 1.165) is 27.9 Å². The molecular formula is C23H25N3O2. The Morgan fingerprint density at radius 2 is 1.61 bits per heavy atom. The van der Waals surface area contributed by atoms with E-state index in [1.807, 2.05) is 64.1 Å². The van der Waals surface area contributed by atoms with Crippen molar-refractivity contribution in [2.24, 2.45) is 0 Å². The van der Waals surface area contributed by atoms with Gasteiger partial charge < -0.3 is 5.32 Å². The average molecular weight is 375 g/mol. The van der Waals surface area contributed by atoms with Crippen LogP contribution in [-0.2, 0) is 4.79 Å². The maximum Gasteiger partial charge on any atom is 0.267 e. The molecule has 0 bridgehead atoms. The second kappa shape index (κ2) is 7.80. The highest BCUT2D eigenvalue weighted by atomic mass is 16.2. The van der Waals surface area contributed by atoms with Crippen LogP contribution in [0.25, 0.3) is 11.3 Å². The number of anilines is 1. The van der Waals surface area contributed by atoms with E-state index in [2.05, 4.69) is 10.4 Å². The number of carbonyl (C=O) groups is 1. The third kappa shape index (κ3) is 3.88. The molecular weight excluding hydrogens is 350 g/mol. The zero-order valence-corrected chi connectivity index (χ0v) is 16.9. The van der Waals surface area contributed by atoms with Gasteiger partial charge in [-0.3, -0.25) is 9.59 Å². The molecule has 0 aliphatic rings. The number of amides is 1. The molecule has 5 nitrogen and oxygen atoms in total. The fourth-order valence-electron chi connectivity index (χ4n) is 3.11. The number of nitrogens with one attached hydrogen (secondary N) is 1. The normalized spacial score (nSPS) is 11.9. The van der Waals surface area contributed by atoms with Crippen molar-refractivity contribution in [1.82, 2.24) is 9.78 Å². The van der Waals surface area contributed by atoms with Crippen LogP contribution in [0, 0.1) is 27.7 Å². The molecule has 0 radical (unpaired) electrons. The lowest BCUT2D eigenvalue weighted by atomic mass is 10.0. The van der Waals surface area contributed by atoms with Gasteiger partial charge in [-0.25, -0.2) is 4.68 Å². The smallest absolute Gasteiger partial charge is 0.267 e. The Balaban J connectivity index is 1.93. The van der Waals surface area contributed by atoms with Gasteiger partial charge in [-0.1, -0.05) is 30.3 Å². The number of carbonyl (C=O) groups excluding carboxylic acids is 1. The molecule has 0 aliphatic heterocycles. The lowest BCUT2D eigenvalue weighted by molar-refractivity contribution is -0.119. The van der Waals surface area contributed by atoms with E-state index >= 15 is 0 Å². The van der Waals surface area contributed by atoms with Gasteiger partial charge in [-0.15, -0.1) is 0 Å². The van der Waals surface area contributed by atoms with Crippen molar-refractivity contribution in [1.29, 1.82) is 0 Å². The van der Waals surface area contributed by atoms with Crippen molar-refractivity contribution in [2.45, 2.75) is 40.7 Å². The monoisotopic (exact) mass is 375 g/mol. The molecule has 3 rings (SSSR count). The fourth-order valence-corrected chi connectivity index (χ4v) is 3.11. The van der Waals surface area contributed by atoms with Crippen LogP contribution in [0.5, 0.6) is 0 Å². The van der Waals surface area contributed by atoms with E-state index in [1.165, 1.54) is 16.3 Å². The van der Waals surface area contributed by atoms with Gasteiger partial charge in [-0.2, -0.15) is 5.10 Å². The highest BCUT2D eigenvalue weighted by molar-refractivity contribution is 5.94. The average Bonchev–Trinajstić information content (AvgIpc) is 2.67. The van der Waals surface area contributed by atoms with Gasteiger partial charge in [-0.05, 0) is 69.0 Å². The first-order valence-corrected chi connectivity index (χ1v) is 9.32. The molecule has 1 N–H and O–H groups in total. The van der Waals surface area contributed by atoms with Crippen LogP contribution in [0.3, 0.4) is 0 Å². The van der Waals surface area contributed by atoms with Crippen molar-refractivity contribution < 1.29 is 4.79 Å². The van der Waals surface area contributed by atoms with Crippen molar-refractivity contribution in [3.63, 3.8) is 0 Å². The Hall–Kier alpha value is -3.21. The summed E-state index contributed by atoms with van der Waals surface area (Å²) in [6, 6.07) is 14.3. The van der Waals surface area contributed by atoms with Crippen LogP contribution in [0.4, 0.5) is 5.69 Å². The Morgan fingerprint density at radius 1 is 0.929 bits per heavy atom. The van der Waals surface area contributed by atoms with Gasteiger partial charge in [0.2, 0.25) is 5.91 Å². The minimum atomic E-state index is -0.738. The van der Waals surface area contributed by atoms with Crippen molar-refractivity contribution in [2.75, 3.05) is 5.32 Å². The zero-order valence-electron chi connectivity index (χ0n) is 16.9. The van der Waals surface area contributed by atoms with E-state index < -0.39 is 6.04 Å². The molecule has 2 aromatic carbocycles. The summed E-state index contributed by atoms with van der Waals surface area (Å²) >= 11 is 0. The number of aromatic nitrogens is 2. The van der Waals surface area contributed by atoms with E-state index in [4.69, 9.17) is 0 Å². The number of hydrogen-bond acceptors (Lipinski definition) is 3. The van der Waals surface area contributed by atoms with Crippen molar-refractivity contribution in [3.8, 4) is 11.3 Å². The first-order valence-electron chi connectivity index (χ1n) is 9.32. The molecule has 1 atom stereocenters. The van der Waals surface area contributed by atoms with Gasteiger partial charge in [0.1, 0.15) is 6.04 Å². The Morgan fingerprint density at radius 3 is 2.25 bits per heavy atom. The third-order valence-electron chi connectivity index (χ3n) is 5.10. The maximum atomic E-state index is 12.8. The predicted octanol–water partition coefficient (Wildman–Crippen LogP) is 4.34. The fraction of sp³-hybridized carbons (Fsp3) is 0.261. The largest absolute Gasteiger partial charge is 0.324 e.